The zero-order valence-electron chi connectivity index (χ0n) is 12.7. The van der Waals surface area contributed by atoms with Crippen LogP contribution in [0.25, 0.3) is 0 Å². The summed E-state index contributed by atoms with van der Waals surface area (Å²) in [5.41, 5.74) is 0.441. The topological polar surface area (TPSA) is 71.1 Å². The van der Waals surface area contributed by atoms with E-state index in [0.29, 0.717) is 18.4 Å². The summed E-state index contributed by atoms with van der Waals surface area (Å²) in [5.74, 6) is -0.899. The molecule has 1 unspecified atom stereocenters. The number of hydrogen-bond acceptors (Lipinski definition) is 6. The summed E-state index contributed by atoms with van der Waals surface area (Å²) in [6.07, 6.45) is 0.0571. The highest BCUT2D eigenvalue weighted by atomic mass is 16.7. The molecule has 0 spiro atoms. The van der Waals surface area contributed by atoms with Crippen LogP contribution in [0.4, 0.5) is 0 Å². The van der Waals surface area contributed by atoms with Crippen LogP contribution in [0.5, 0.6) is 0 Å². The van der Waals surface area contributed by atoms with Gasteiger partial charge in [0.1, 0.15) is 12.7 Å². The van der Waals surface area contributed by atoms with Gasteiger partial charge in [-0.1, -0.05) is 18.2 Å². The van der Waals surface area contributed by atoms with Crippen LogP contribution >= 0.6 is 0 Å². The SMILES string of the molecule is COC1CC[C@@H]([C@@H](COC(C)=O)OC(=O)c2ccccc2)O1. The highest BCUT2D eigenvalue weighted by molar-refractivity contribution is 5.89. The summed E-state index contributed by atoms with van der Waals surface area (Å²) in [7, 11) is 1.56. The Hall–Kier alpha value is -1.92. The molecule has 0 radical (unpaired) electrons. The Bertz CT molecular complexity index is 501. The van der Waals surface area contributed by atoms with Gasteiger partial charge in [0.25, 0.3) is 0 Å². The van der Waals surface area contributed by atoms with Gasteiger partial charge in [-0.05, 0) is 18.6 Å². The van der Waals surface area contributed by atoms with Crippen LogP contribution in [0, 0.1) is 0 Å². The van der Waals surface area contributed by atoms with Crippen molar-refractivity contribution in [3.63, 3.8) is 0 Å². The predicted octanol–water partition coefficient (Wildman–Crippen LogP) is 1.93. The molecule has 0 saturated carbocycles. The molecule has 3 atom stereocenters. The lowest BCUT2D eigenvalue weighted by Gasteiger charge is -2.23. The third-order valence-corrected chi connectivity index (χ3v) is 3.41. The first-order valence-corrected chi connectivity index (χ1v) is 7.17. The van der Waals surface area contributed by atoms with Gasteiger partial charge in [-0.25, -0.2) is 4.79 Å². The molecule has 0 bridgehead atoms. The summed E-state index contributed by atoms with van der Waals surface area (Å²) >= 11 is 0. The molecule has 6 heteroatoms. The van der Waals surface area contributed by atoms with Crippen molar-refractivity contribution >= 4 is 11.9 Å². The zero-order valence-corrected chi connectivity index (χ0v) is 12.7. The molecule has 1 heterocycles. The number of carbonyl (C=O) groups is 2. The smallest absolute Gasteiger partial charge is 0.338 e. The minimum Gasteiger partial charge on any atom is -0.462 e. The maximum atomic E-state index is 12.2. The van der Waals surface area contributed by atoms with Gasteiger partial charge in [-0.3, -0.25) is 4.79 Å². The summed E-state index contributed by atoms with van der Waals surface area (Å²) in [5, 5.41) is 0. The molecule has 1 aromatic rings. The lowest BCUT2D eigenvalue weighted by Crippen LogP contribution is -2.36. The average molecular weight is 308 g/mol. The van der Waals surface area contributed by atoms with Gasteiger partial charge in [0, 0.05) is 20.5 Å². The number of carbonyl (C=O) groups excluding carboxylic acids is 2. The van der Waals surface area contributed by atoms with Gasteiger partial charge in [0.2, 0.25) is 0 Å². The normalized spacial score (nSPS) is 22.1. The molecule has 120 valence electrons. The Morgan fingerprint density at radius 2 is 2.00 bits per heavy atom. The Labute approximate surface area is 129 Å². The third-order valence-electron chi connectivity index (χ3n) is 3.41. The summed E-state index contributed by atoms with van der Waals surface area (Å²) in [6, 6.07) is 8.66. The van der Waals surface area contributed by atoms with E-state index >= 15 is 0 Å². The maximum Gasteiger partial charge on any atom is 0.338 e. The van der Waals surface area contributed by atoms with E-state index in [2.05, 4.69) is 0 Å². The van der Waals surface area contributed by atoms with Gasteiger partial charge in [0.15, 0.2) is 12.4 Å². The number of methoxy groups -OCH3 is 1. The molecule has 0 aliphatic carbocycles. The molecule has 0 aromatic heterocycles. The predicted molar refractivity (Wildman–Crippen MR) is 77.2 cm³/mol. The first-order valence-electron chi connectivity index (χ1n) is 7.17. The van der Waals surface area contributed by atoms with Gasteiger partial charge < -0.3 is 18.9 Å². The highest BCUT2D eigenvalue weighted by Crippen LogP contribution is 2.25. The quantitative estimate of drug-likeness (QED) is 0.748. The fourth-order valence-electron chi connectivity index (χ4n) is 2.27. The Morgan fingerprint density at radius 3 is 2.59 bits per heavy atom. The Kier molecular flexibility index (Phi) is 5.91. The van der Waals surface area contributed by atoms with E-state index in [4.69, 9.17) is 18.9 Å². The molecule has 22 heavy (non-hydrogen) atoms. The van der Waals surface area contributed by atoms with Crippen molar-refractivity contribution in [3.05, 3.63) is 35.9 Å². The molecule has 1 saturated heterocycles. The van der Waals surface area contributed by atoms with E-state index in [0.717, 1.165) is 0 Å². The number of ether oxygens (including phenoxy) is 4. The second-order valence-corrected chi connectivity index (χ2v) is 5.03. The standard InChI is InChI=1S/C16H20O6/c1-11(17)20-10-14(13-8-9-15(19-2)21-13)22-16(18)12-6-4-3-5-7-12/h3-7,13-15H,8-10H2,1-2H3/t13-,14+,15?/m0/s1. The van der Waals surface area contributed by atoms with Crippen LogP contribution < -0.4 is 0 Å². The van der Waals surface area contributed by atoms with E-state index in [1.807, 2.05) is 6.07 Å². The van der Waals surface area contributed by atoms with Crippen molar-refractivity contribution in [3.8, 4) is 0 Å². The largest absolute Gasteiger partial charge is 0.462 e. The number of esters is 2. The van der Waals surface area contributed by atoms with Crippen LogP contribution in [0.3, 0.4) is 0 Å². The van der Waals surface area contributed by atoms with Gasteiger partial charge >= 0.3 is 11.9 Å². The molecule has 1 aromatic carbocycles. The Morgan fingerprint density at radius 1 is 1.27 bits per heavy atom. The van der Waals surface area contributed by atoms with Gasteiger partial charge in [-0.15, -0.1) is 0 Å². The second kappa shape index (κ2) is 7.91. The summed E-state index contributed by atoms with van der Waals surface area (Å²) in [6.45, 7) is 1.28. The zero-order chi connectivity index (χ0) is 15.9. The van der Waals surface area contributed by atoms with Crippen LogP contribution in [-0.4, -0.2) is 44.2 Å². The molecule has 0 amide bonds. The maximum absolute atomic E-state index is 12.2. The van der Waals surface area contributed by atoms with Crippen LogP contribution in [-0.2, 0) is 23.7 Å². The van der Waals surface area contributed by atoms with E-state index in [-0.39, 0.29) is 19.0 Å². The van der Waals surface area contributed by atoms with Crippen molar-refractivity contribution < 1.29 is 28.5 Å². The number of rotatable bonds is 6. The van der Waals surface area contributed by atoms with Crippen LogP contribution in [0.2, 0.25) is 0 Å². The molecule has 0 N–H and O–H groups in total. The van der Waals surface area contributed by atoms with Crippen molar-refractivity contribution in [2.24, 2.45) is 0 Å². The number of hydrogen-bond donors (Lipinski definition) is 0. The molecule has 1 fully saturated rings. The molecule has 1 aliphatic heterocycles. The second-order valence-electron chi connectivity index (χ2n) is 5.03. The van der Waals surface area contributed by atoms with E-state index in [1.165, 1.54) is 6.92 Å². The third kappa shape index (κ3) is 4.54. The van der Waals surface area contributed by atoms with Crippen LogP contribution in [0.15, 0.2) is 30.3 Å². The summed E-state index contributed by atoms with van der Waals surface area (Å²) in [4.78, 5) is 23.2. The fraction of sp³-hybridized carbons (Fsp3) is 0.500. The highest BCUT2D eigenvalue weighted by Gasteiger charge is 2.35. The van der Waals surface area contributed by atoms with Crippen molar-refractivity contribution in [2.75, 3.05) is 13.7 Å². The monoisotopic (exact) mass is 308 g/mol. The van der Waals surface area contributed by atoms with E-state index in [9.17, 15) is 9.59 Å². The minimum absolute atomic E-state index is 0.0327. The average Bonchev–Trinajstić information content (AvgIpc) is 3.00. The minimum atomic E-state index is -0.656. The fourth-order valence-corrected chi connectivity index (χ4v) is 2.27. The molecule has 2 rings (SSSR count). The molecular weight excluding hydrogens is 288 g/mol. The van der Waals surface area contributed by atoms with E-state index < -0.39 is 18.0 Å². The van der Waals surface area contributed by atoms with E-state index in [1.54, 1.807) is 31.4 Å². The number of benzene rings is 1. The lowest BCUT2D eigenvalue weighted by atomic mass is 10.1. The first kappa shape index (κ1) is 16.5. The molecule has 1 aliphatic rings. The van der Waals surface area contributed by atoms with Gasteiger partial charge in [0.05, 0.1) is 5.56 Å². The first-order chi connectivity index (χ1) is 10.6. The summed E-state index contributed by atoms with van der Waals surface area (Å²) < 4.78 is 21.2. The molecular formula is C16H20O6. The van der Waals surface area contributed by atoms with Gasteiger partial charge in [-0.2, -0.15) is 0 Å². The van der Waals surface area contributed by atoms with Crippen molar-refractivity contribution in [1.29, 1.82) is 0 Å². The van der Waals surface area contributed by atoms with Crippen molar-refractivity contribution in [2.45, 2.75) is 38.3 Å². The molecule has 6 nitrogen and oxygen atoms in total. The van der Waals surface area contributed by atoms with Crippen molar-refractivity contribution in [1.82, 2.24) is 0 Å². The lowest BCUT2D eigenvalue weighted by molar-refractivity contribution is -0.159. The Balaban J connectivity index is 2.01. The van der Waals surface area contributed by atoms with Crippen LogP contribution in [0.1, 0.15) is 30.1 Å².